The molecule has 0 atom stereocenters. The highest BCUT2D eigenvalue weighted by Crippen LogP contribution is 2.31. The third-order valence-electron chi connectivity index (χ3n) is 5.94. The van der Waals surface area contributed by atoms with Crippen molar-refractivity contribution in [2.45, 2.75) is 19.9 Å². The molecule has 1 aliphatic rings. The summed E-state index contributed by atoms with van der Waals surface area (Å²) in [6, 6.07) is 9.35. The molecule has 1 aliphatic heterocycles. The molecular formula is C26H32N6O4. The van der Waals surface area contributed by atoms with E-state index in [-0.39, 0.29) is 6.03 Å². The highest BCUT2D eigenvalue weighted by Gasteiger charge is 2.13. The molecule has 0 saturated carbocycles. The van der Waals surface area contributed by atoms with Crippen molar-refractivity contribution >= 4 is 28.7 Å². The molecule has 190 valence electrons. The maximum Gasteiger partial charge on any atom is 0.407 e. The van der Waals surface area contributed by atoms with E-state index in [0.717, 1.165) is 66.7 Å². The van der Waals surface area contributed by atoms with Crippen LogP contribution in [-0.4, -0.2) is 73.0 Å². The minimum atomic E-state index is -0.453. The lowest BCUT2D eigenvalue weighted by Crippen LogP contribution is -2.37. The van der Waals surface area contributed by atoms with Gasteiger partial charge in [0.1, 0.15) is 5.82 Å². The van der Waals surface area contributed by atoms with Crippen LogP contribution >= 0.6 is 0 Å². The van der Waals surface area contributed by atoms with E-state index in [4.69, 9.17) is 9.47 Å². The predicted molar refractivity (Wildman–Crippen MR) is 138 cm³/mol. The van der Waals surface area contributed by atoms with E-state index in [1.54, 1.807) is 18.6 Å². The van der Waals surface area contributed by atoms with Crippen molar-refractivity contribution in [1.29, 1.82) is 0 Å². The Kier molecular flexibility index (Phi) is 9.01. The Bertz CT molecular complexity index is 1170. The summed E-state index contributed by atoms with van der Waals surface area (Å²) in [5, 5.41) is 10.1. The van der Waals surface area contributed by atoms with Crippen LogP contribution in [0.1, 0.15) is 18.9 Å². The number of carbonyl (C=O) groups excluding carboxylic acids is 2. The van der Waals surface area contributed by atoms with Gasteiger partial charge in [-0.1, -0.05) is 12.1 Å². The molecule has 0 radical (unpaired) electrons. The van der Waals surface area contributed by atoms with Crippen LogP contribution in [0.15, 0.2) is 48.9 Å². The van der Waals surface area contributed by atoms with Crippen molar-refractivity contribution in [3.63, 3.8) is 0 Å². The standard InChI is InChI=1S/C26H32N6O4/c1-2-28-25(33)31-24-16-22-21(19-6-8-27-9-7-19)5-4-20(23(22)18-29-24)17-30-26(34)36-13-3-10-32-11-14-35-15-12-32/h4-9,16,18H,2-3,10-15,17H2,1H3,(H,30,34)(H2,28,29,31,33). The van der Waals surface area contributed by atoms with Crippen molar-refractivity contribution in [3.05, 3.63) is 54.5 Å². The summed E-state index contributed by atoms with van der Waals surface area (Å²) < 4.78 is 10.7. The zero-order valence-corrected chi connectivity index (χ0v) is 20.5. The van der Waals surface area contributed by atoms with Gasteiger partial charge in [0.05, 0.1) is 19.8 Å². The number of rotatable bonds is 9. The second-order valence-electron chi connectivity index (χ2n) is 8.40. The fourth-order valence-electron chi connectivity index (χ4n) is 4.12. The van der Waals surface area contributed by atoms with Gasteiger partial charge in [-0.2, -0.15) is 0 Å². The Morgan fingerprint density at radius 1 is 1.08 bits per heavy atom. The lowest BCUT2D eigenvalue weighted by molar-refractivity contribution is 0.0345. The number of hydrogen-bond acceptors (Lipinski definition) is 7. The molecule has 10 nitrogen and oxygen atoms in total. The monoisotopic (exact) mass is 492 g/mol. The van der Waals surface area contributed by atoms with E-state index in [9.17, 15) is 9.59 Å². The first kappa shape index (κ1) is 25.3. The topological polar surface area (TPSA) is 118 Å². The average Bonchev–Trinajstić information content (AvgIpc) is 2.91. The molecule has 0 spiro atoms. The molecule has 3 heterocycles. The maximum absolute atomic E-state index is 12.3. The number of carbonyl (C=O) groups is 2. The molecule has 10 heteroatoms. The highest BCUT2D eigenvalue weighted by atomic mass is 16.5. The number of fused-ring (bicyclic) bond motifs is 1. The lowest BCUT2D eigenvalue weighted by atomic mass is 9.96. The van der Waals surface area contributed by atoms with Crippen molar-refractivity contribution < 1.29 is 19.1 Å². The van der Waals surface area contributed by atoms with Gasteiger partial charge in [0.15, 0.2) is 0 Å². The number of nitrogens with zero attached hydrogens (tertiary/aromatic N) is 3. The summed E-state index contributed by atoms with van der Waals surface area (Å²) in [5.41, 5.74) is 2.86. The number of ether oxygens (including phenoxy) is 2. The van der Waals surface area contributed by atoms with Gasteiger partial charge >= 0.3 is 12.1 Å². The number of nitrogens with one attached hydrogen (secondary N) is 3. The summed E-state index contributed by atoms with van der Waals surface area (Å²) >= 11 is 0. The third-order valence-corrected chi connectivity index (χ3v) is 5.94. The highest BCUT2D eigenvalue weighted by molar-refractivity contribution is 6.00. The minimum Gasteiger partial charge on any atom is -0.450 e. The number of aromatic nitrogens is 2. The number of amides is 3. The molecule has 1 aromatic carbocycles. The quantitative estimate of drug-likeness (QED) is 0.392. The first-order chi connectivity index (χ1) is 17.6. The van der Waals surface area contributed by atoms with Crippen molar-refractivity contribution in [1.82, 2.24) is 25.5 Å². The Hall–Kier alpha value is -3.76. The number of benzene rings is 1. The molecule has 1 saturated heterocycles. The Morgan fingerprint density at radius 2 is 1.89 bits per heavy atom. The van der Waals surface area contributed by atoms with Gasteiger partial charge < -0.3 is 20.1 Å². The molecule has 3 amide bonds. The van der Waals surface area contributed by atoms with Gasteiger partial charge in [0.2, 0.25) is 0 Å². The molecule has 1 fully saturated rings. The van der Waals surface area contributed by atoms with E-state index in [1.165, 1.54) is 0 Å². The second-order valence-corrected chi connectivity index (χ2v) is 8.40. The predicted octanol–water partition coefficient (Wildman–Crippen LogP) is 3.39. The van der Waals surface area contributed by atoms with Crippen LogP contribution in [0.5, 0.6) is 0 Å². The van der Waals surface area contributed by atoms with Crippen LogP contribution in [0.3, 0.4) is 0 Å². The van der Waals surface area contributed by atoms with E-state index in [2.05, 4.69) is 30.8 Å². The van der Waals surface area contributed by atoms with E-state index in [1.807, 2.05) is 37.3 Å². The Balaban J connectivity index is 1.43. The largest absolute Gasteiger partial charge is 0.450 e. The number of pyridine rings is 2. The molecule has 36 heavy (non-hydrogen) atoms. The summed E-state index contributed by atoms with van der Waals surface area (Å²) in [7, 11) is 0. The van der Waals surface area contributed by atoms with Crippen molar-refractivity contribution in [3.8, 4) is 11.1 Å². The first-order valence-electron chi connectivity index (χ1n) is 12.2. The van der Waals surface area contributed by atoms with Crippen LogP contribution < -0.4 is 16.0 Å². The van der Waals surface area contributed by atoms with Crippen molar-refractivity contribution in [2.75, 3.05) is 51.3 Å². The van der Waals surface area contributed by atoms with Crippen LogP contribution in [0.4, 0.5) is 15.4 Å². The van der Waals surface area contributed by atoms with Gasteiger partial charge in [0.25, 0.3) is 0 Å². The Morgan fingerprint density at radius 3 is 2.67 bits per heavy atom. The first-order valence-corrected chi connectivity index (χ1v) is 12.2. The summed E-state index contributed by atoms with van der Waals surface area (Å²) in [6.45, 7) is 7.26. The van der Waals surface area contributed by atoms with Gasteiger partial charge in [-0.05, 0) is 53.6 Å². The average molecular weight is 493 g/mol. The fraction of sp³-hybridized carbons (Fsp3) is 0.385. The molecule has 3 aromatic rings. The third kappa shape index (κ3) is 6.89. The SMILES string of the molecule is CCNC(=O)Nc1cc2c(-c3ccncc3)ccc(CNC(=O)OCCCN3CCOCC3)c2cn1. The summed E-state index contributed by atoms with van der Waals surface area (Å²) in [5.74, 6) is 0.438. The zero-order chi connectivity index (χ0) is 25.2. The van der Waals surface area contributed by atoms with Gasteiger partial charge in [0, 0.05) is 56.7 Å². The fourth-order valence-corrected chi connectivity index (χ4v) is 4.12. The smallest absolute Gasteiger partial charge is 0.407 e. The van der Waals surface area contributed by atoms with Gasteiger partial charge in [-0.3, -0.25) is 15.2 Å². The molecule has 3 N–H and O–H groups in total. The number of hydrogen-bond donors (Lipinski definition) is 3. The molecule has 2 aromatic heterocycles. The number of morpholine rings is 1. The Labute approximate surface area is 210 Å². The van der Waals surface area contributed by atoms with Crippen LogP contribution in [0.25, 0.3) is 21.9 Å². The molecular weight excluding hydrogens is 460 g/mol. The second kappa shape index (κ2) is 12.8. The normalized spacial score (nSPS) is 13.8. The lowest BCUT2D eigenvalue weighted by Gasteiger charge is -2.26. The van der Waals surface area contributed by atoms with E-state index < -0.39 is 6.09 Å². The van der Waals surface area contributed by atoms with E-state index >= 15 is 0 Å². The number of anilines is 1. The van der Waals surface area contributed by atoms with Crippen molar-refractivity contribution in [2.24, 2.45) is 0 Å². The molecule has 0 unspecified atom stereocenters. The molecule has 0 aliphatic carbocycles. The van der Waals surface area contributed by atoms with Crippen LogP contribution in [0.2, 0.25) is 0 Å². The van der Waals surface area contributed by atoms with Crippen LogP contribution in [-0.2, 0) is 16.0 Å². The van der Waals surface area contributed by atoms with Gasteiger partial charge in [-0.25, -0.2) is 14.6 Å². The maximum atomic E-state index is 12.3. The van der Waals surface area contributed by atoms with Gasteiger partial charge in [-0.15, -0.1) is 0 Å². The zero-order valence-electron chi connectivity index (χ0n) is 20.5. The molecule has 0 bridgehead atoms. The van der Waals surface area contributed by atoms with Crippen LogP contribution in [0, 0.1) is 0 Å². The summed E-state index contributed by atoms with van der Waals surface area (Å²) in [6.07, 6.45) is 5.52. The number of alkyl carbamates (subject to hydrolysis) is 1. The summed E-state index contributed by atoms with van der Waals surface area (Å²) in [4.78, 5) is 35.1. The van der Waals surface area contributed by atoms with E-state index in [0.29, 0.717) is 25.5 Å². The number of urea groups is 1. The molecule has 4 rings (SSSR count). The minimum absolute atomic E-state index is 0.292.